The molecule has 0 aliphatic carbocycles. The maximum atomic E-state index is 12.9. The number of carbonyl (C=O) groups is 6. The summed E-state index contributed by atoms with van der Waals surface area (Å²) in [6, 6.07) is 20.6. The summed E-state index contributed by atoms with van der Waals surface area (Å²) in [4.78, 5) is 71.7. The SMILES string of the molecule is C#CCOC/C(Br)=C(\Br)CO.C#CCOC/C(Br)=C(\Br)CO[Si](OC(C)(C)CNC(=O)CCOCCCC(=O)CCCC[C@@H]1SC[C@@H]2NC(=O)N[C@@H]21)(c1ccccc1)c1ccccc1.CC(C)(O)CNC(=O)CCOCCCC(=O)CCCC[C@@H]1SC[C@@H]2NC(=O)N[C@@H]21.S=S. The van der Waals surface area contributed by atoms with Crippen LogP contribution in [0.15, 0.2) is 78.6 Å². The van der Waals surface area contributed by atoms with Crippen LogP contribution in [0.5, 0.6) is 0 Å². The maximum Gasteiger partial charge on any atom is 0.407 e. The number of carbonyl (C=O) groups excluding carboxylic acids is 6. The number of nitrogens with one attached hydrogen (secondary N) is 6. The van der Waals surface area contributed by atoms with Crippen LogP contribution in [0.2, 0.25) is 0 Å². The molecule has 6 rings (SSSR count). The molecule has 2 aromatic carbocycles. The van der Waals surface area contributed by atoms with E-state index in [0.717, 1.165) is 73.9 Å². The minimum absolute atomic E-state index is 0.0417. The molecule has 4 saturated heterocycles. The number of terminal acetylenes is 2. The van der Waals surface area contributed by atoms with Crippen molar-refractivity contribution in [2.75, 3.05) is 90.7 Å². The van der Waals surface area contributed by atoms with Gasteiger partial charge >= 0.3 is 20.6 Å². The molecule has 0 aromatic heterocycles. The van der Waals surface area contributed by atoms with Crippen molar-refractivity contribution >= 4 is 164 Å². The molecule has 8 N–H and O–H groups in total. The number of urea groups is 2. The fraction of sp³-hybridized carbons (Fsp3) is 0.606. The van der Waals surface area contributed by atoms with Gasteiger partial charge in [0.05, 0.1) is 75.0 Å². The van der Waals surface area contributed by atoms with E-state index in [1.54, 1.807) is 13.8 Å². The lowest BCUT2D eigenvalue weighted by Gasteiger charge is -2.39. The van der Waals surface area contributed by atoms with E-state index in [0.29, 0.717) is 86.5 Å². The first kappa shape index (κ1) is 86.0. The number of aliphatic hydroxyl groups is 2. The van der Waals surface area contributed by atoms with Crippen LogP contribution in [-0.4, -0.2) is 191 Å². The van der Waals surface area contributed by atoms with Crippen molar-refractivity contribution in [1.82, 2.24) is 31.9 Å². The monoisotopic (exact) mass is 1670 g/mol. The summed E-state index contributed by atoms with van der Waals surface area (Å²) in [7, 11) is -3.35. The zero-order valence-electron chi connectivity index (χ0n) is 54.6. The molecule has 4 aliphatic rings. The molecule has 4 aliphatic heterocycles. The van der Waals surface area contributed by atoms with E-state index in [-0.39, 0.29) is 119 Å². The van der Waals surface area contributed by atoms with Gasteiger partial charge in [0.1, 0.15) is 24.8 Å². The molecule has 2 aromatic rings. The number of thioether (sulfide) groups is 2. The third-order valence-electron chi connectivity index (χ3n) is 14.8. The second kappa shape index (κ2) is 48.6. The number of unbranched alkanes of at least 4 members (excludes halogenated alkanes) is 2. The molecule has 0 bridgehead atoms. The standard InChI is InChI=1S/C39H51Br2N3O7SSi.C20H35N3O5S.C7H8Br2O2.S2/c1-4-22-49-25-32(40)33(41)26-50-53(30-16-7-5-8-17-30,31-18-9-6-10-19-31)51-39(2,3)28-42-36(46)21-24-48-23-13-15-29(45)14-11-12-20-35-37-34(27-52-35)43-38(47)44-37;1-20(2,27)13-21-17(25)9-11-28-10-5-7-14(24)6-3-4-8-16-18-15(12-29-16)22-19(26)23-18;1-2-3-11-5-7(9)6(8)4-10;1-2/h1,5-10,16-19,34-35,37H,11-15,20-28H2,2-3H3,(H,42,46)(H2,43,44,47);15-16,18,27H,3-13H2,1-2H3,(H,21,25)(H2,22,23,26);1,10H,3-5H2;/b33-32+;;7-6+;/t34-,35-,37-;15-,16-,18-;;/m00../s1. The first-order valence-electron chi connectivity index (χ1n) is 31.6. The molecular weight excluding hydrogens is 1580 g/mol. The number of amides is 6. The number of ether oxygens (including phenoxy) is 4. The van der Waals surface area contributed by atoms with E-state index in [2.05, 4.69) is 130 Å². The maximum absolute atomic E-state index is 12.9. The Bertz CT molecular complexity index is 2780. The lowest BCUT2D eigenvalue weighted by Crippen LogP contribution is -2.67. The molecule has 20 nitrogen and oxygen atoms in total. The quantitative estimate of drug-likeness (QED) is 0.0134. The summed E-state index contributed by atoms with van der Waals surface area (Å²) in [5, 5.41) is 38.5. The molecule has 6 amide bonds. The number of hydrogen-bond donors (Lipinski definition) is 8. The Kier molecular flexibility index (Phi) is 44.0. The summed E-state index contributed by atoms with van der Waals surface area (Å²) in [5.41, 5.74) is -1.72. The van der Waals surface area contributed by atoms with Crippen molar-refractivity contribution < 1.29 is 66.8 Å². The van der Waals surface area contributed by atoms with Crippen LogP contribution in [0.1, 0.15) is 118 Å². The van der Waals surface area contributed by atoms with E-state index >= 15 is 0 Å². The number of Topliss-reactive ketones (excluding diaryl/α,β-unsaturated/α-hetero) is 2. The van der Waals surface area contributed by atoms with Crippen molar-refractivity contribution in [3.05, 3.63) is 78.6 Å². The molecule has 0 spiro atoms. The molecule has 528 valence electrons. The molecule has 4 fully saturated rings. The third-order valence-corrected chi connectivity index (χ3v) is 25.3. The highest BCUT2D eigenvalue weighted by molar-refractivity contribution is 9.14. The van der Waals surface area contributed by atoms with Gasteiger partial charge in [-0.05, 0) is 76.6 Å². The Hall–Kier alpha value is -3.18. The number of fused-ring (bicyclic) bond motifs is 2. The van der Waals surface area contributed by atoms with Gasteiger partial charge in [-0.15, -0.1) is 12.8 Å². The Morgan fingerprint density at radius 1 is 0.589 bits per heavy atom. The van der Waals surface area contributed by atoms with Crippen LogP contribution < -0.4 is 42.3 Å². The van der Waals surface area contributed by atoms with E-state index < -0.39 is 19.8 Å². The van der Waals surface area contributed by atoms with E-state index in [1.807, 2.05) is 98.0 Å². The highest BCUT2D eigenvalue weighted by Gasteiger charge is 2.48. The smallest absolute Gasteiger partial charge is 0.391 e. The first-order valence-corrected chi connectivity index (χ1v) is 40.0. The molecule has 0 radical (unpaired) electrons. The van der Waals surface area contributed by atoms with Gasteiger partial charge in [0.2, 0.25) is 11.8 Å². The number of rotatable bonds is 42. The summed E-state index contributed by atoms with van der Waals surface area (Å²) in [6.45, 7) is 10.4. The molecular formula is C66H94Br4N6O14S4Si. The number of hydrogen-bond acceptors (Lipinski definition) is 18. The summed E-state index contributed by atoms with van der Waals surface area (Å²) in [6.07, 6.45) is 19.9. The highest BCUT2D eigenvalue weighted by Crippen LogP contribution is 2.35. The van der Waals surface area contributed by atoms with Gasteiger partial charge in [0, 0.05) is 127 Å². The van der Waals surface area contributed by atoms with E-state index in [4.69, 9.17) is 45.8 Å². The topological polar surface area (TPSA) is 270 Å². The molecule has 4 heterocycles. The zero-order chi connectivity index (χ0) is 70.1. The zero-order valence-corrected chi connectivity index (χ0v) is 65.2. The van der Waals surface area contributed by atoms with Crippen molar-refractivity contribution in [2.24, 2.45) is 0 Å². The van der Waals surface area contributed by atoms with Crippen molar-refractivity contribution in [2.45, 2.75) is 163 Å². The third kappa shape index (κ3) is 35.1. The average molecular weight is 1670 g/mol. The van der Waals surface area contributed by atoms with Crippen LogP contribution in [0.3, 0.4) is 0 Å². The van der Waals surface area contributed by atoms with Gasteiger partial charge in [0.15, 0.2) is 0 Å². The first-order chi connectivity index (χ1) is 45.5. The second-order valence-corrected chi connectivity index (χ2v) is 33.0. The second-order valence-electron chi connectivity index (χ2n) is 23.8. The van der Waals surface area contributed by atoms with Crippen LogP contribution in [0.4, 0.5) is 9.59 Å². The van der Waals surface area contributed by atoms with Crippen LogP contribution in [-0.2, 0) is 69.4 Å². The van der Waals surface area contributed by atoms with Crippen LogP contribution in [0.25, 0.3) is 0 Å². The number of ketones is 2. The van der Waals surface area contributed by atoms with Crippen molar-refractivity contribution in [3.63, 3.8) is 0 Å². The van der Waals surface area contributed by atoms with Gasteiger partial charge in [0.25, 0.3) is 0 Å². The van der Waals surface area contributed by atoms with Crippen LogP contribution in [0, 0.1) is 24.7 Å². The lowest BCUT2D eigenvalue weighted by molar-refractivity contribution is -0.124. The normalized spacial score (nSPS) is 19.1. The van der Waals surface area contributed by atoms with Crippen LogP contribution >= 0.6 is 87.2 Å². The van der Waals surface area contributed by atoms with Gasteiger partial charge in [-0.25, -0.2) is 9.59 Å². The largest absolute Gasteiger partial charge is 0.407 e. The molecule has 6 atom stereocenters. The lowest BCUT2D eigenvalue weighted by atomic mass is 10.0. The van der Waals surface area contributed by atoms with Crippen molar-refractivity contribution in [3.8, 4) is 24.7 Å². The van der Waals surface area contributed by atoms with Gasteiger partial charge in [-0.2, -0.15) is 23.5 Å². The number of aliphatic hydroxyl groups excluding tert-OH is 1. The predicted octanol–water partition coefficient (Wildman–Crippen LogP) is 8.28. The Morgan fingerprint density at radius 3 is 1.42 bits per heavy atom. The average Bonchev–Trinajstić information content (AvgIpc) is 1.51. The Balaban J connectivity index is 0.000000465. The fourth-order valence-corrected chi connectivity index (χ4v) is 17.7. The highest BCUT2D eigenvalue weighted by atomic mass is 79.9. The minimum Gasteiger partial charge on any atom is -0.391 e. The summed E-state index contributed by atoms with van der Waals surface area (Å²) < 4.78 is 38.4. The molecule has 0 saturated carbocycles. The van der Waals surface area contributed by atoms with Gasteiger partial charge in [-0.3, -0.25) is 19.2 Å². The fourth-order valence-electron chi connectivity index (χ4n) is 10.1. The predicted molar refractivity (Wildman–Crippen MR) is 399 cm³/mol. The Morgan fingerprint density at radius 2 is 1.00 bits per heavy atom. The van der Waals surface area contributed by atoms with Crippen molar-refractivity contribution in [1.29, 1.82) is 0 Å². The van der Waals surface area contributed by atoms with E-state index in [9.17, 15) is 33.9 Å². The van der Waals surface area contributed by atoms with Gasteiger partial charge < -0.3 is 69.9 Å². The summed E-state index contributed by atoms with van der Waals surface area (Å²) >= 11 is 24.7. The molecule has 95 heavy (non-hydrogen) atoms. The van der Waals surface area contributed by atoms with E-state index in [1.165, 1.54) is 0 Å². The van der Waals surface area contributed by atoms with Gasteiger partial charge in [-0.1, -0.05) is 149 Å². The molecule has 0 unspecified atom stereocenters. The number of halogens is 4. The Labute approximate surface area is 614 Å². The summed E-state index contributed by atoms with van der Waals surface area (Å²) in [5.74, 6) is 6.91. The molecule has 29 heteroatoms. The number of benzene rings is 2. The minimum atomic E-state index is -3.35.